The predicted octanol–water partition coefficient (Wildman–Crippen LogP) is 5.42. The predicted molar refractivity (Wildman–Crippen MR) is 140 cm³/mol. The average molecular weight is 531 g/mol. The molecule has 2 aliphatic rings. The SMILES string of the molecule is O=C(CCCCCN1C(=O)C2SC=CC2=[N+](Cc2ccccc2Cl)C1=O)NCc1ccccc1Cl. The maximum atomic E-state index is 13.3. The molecule has 2 aliphatic heterocycles. The van der Waals surface area contributed by atoms with E-state index in [-0.39, 0.29) is 17.8 Å². The number of hydrogen-bond acceptors (Lipinski definition) is 4. The molecule has 35 heavy (non-hydrogen) atoms. The van der Waals surface area contributed by atoms with Crippen molar-refractivity contribution in [3.05, 3.63) is 81.2 Å². The van der Waals surface area contributed by atoms with Crippen LogP contribution in [0.2, 0.25) is 10.0 Å². The molecule has 1 atom stereocenters. The molecule has 2 aromatic carbocycles. The molecule has 0 aromatic heterocycles. The summed E-state index contributed by atoms with van der Waals surface area (Å²) < 4.78 is 1.64. The Balaban J connectivity index is 1.28. The Bertz CT molecular complexity index is 1200. The van der Waals surface area contributed by atoms with Gasteiger partial charge in [-0.3, -0.25) is 4.79 Å². The standard InChI is InChI=1S/C26H25Cl2N3O3S/c27-20-10-5-3-8-18(20)16-29-23(32)12-2-1-7-14-30-25(33)24-22(13-15-35-24)31(26(30)34)17-19-9-4-6-11-21(19)28/h3-6,8-11,13,15,24H,1-2,7,12,14,16-17H2/p+1. The third-order valence-corrected chi connectivity index (χ3v) is 7.74. The van der Waals surface area contributed by atoms with Gasteiger partial charge in [-0.05, 0) is 48.4 Å². The third kappa shape index (κ3) is 6.15. The van der Waals surface area contributed by atoms with E-state index in [2.05, 4.69) is 5.32 Å². The van der Waals surface area contributed by atoms with Gasteiger partial charge in [-0.1, -0.05) is 59.6 Å². The highest BCUT2D eigenvalue weighted by Crippen LogP contribution is 2.29. The number of nitrogens with zero attached hydrogens (tertiary/aromatic N) is 2. The zero-order valence-corrected chi connectivity index (χ0v) is 21.4. The van der Waals surface area contributed by atoms with Gasteiger partial charge in [-0.25, -0.2) is 4.79 Å². The van der Waals surface area contributed by atoms with Gasteiger partial charge in [0.2, 0.25) is 5.91 Å². The van der Waals surface area contributed by atoms with Gasteiger partial charge in [0.25, 0.3) is 0 Å². The number of rotatable bonds is 10. The van der Waals surface area contributed by atoms with Crippen LogP contribution in [0.15, 0.2) is 60.0 Å². The number of unbranched alkanes of at least 4 members (excludes halogenated alkanes) is 2. The molecule has 182 valence electrons. The summed E-state index contributed by atoms with van der Waals surface area (Å²) in [6, 6.07) is 14.5. The molecule has 9 heteroatoms. The monoisotopic (exact) mass is 530 g/mol. The van der Waals surface area contributed by atoms with Crippen molar-refractivity contribution < 1.29 is 19.0 Å². The number of allylic oxidation sites excluding steroid dienone is 1. The van der Waals surface area contributed by atoms with Gasteiger partial charge in [0.15, 0.2) is 5.25 Å². The number of hydrogen-bond donors (Lipinski definition) is 1. The van der Waals surface area contributed by atoms with Crippen LogP contribution in [0.5, 0.6) is 0 Å². The van der Waals surface area contributed by atoms with Crippen LogP contribution in [-0.2, 0) is 22.7 Å². The Morgan fingerprint density at radius 2 is 1.66 bits per heavy atom. The molecule has 4 rings (SSSR count). The summed E-state index contributed by atoms with van der Waals surface area (Å²) >= 11 is 13.9. The maximum absolute atomic E-state index is 13.3. The average Bonchev–Trinajstić information content (AvgIpc) is 3.34. The van der Waals surface area contributed by atoms with E-state index in [4.69, 9.17) is 23.2 Å². The lowest BCUT2D eigenvalue weighted by Crippen LogP contribution is -2.55. The highest BCUT2D eigenvalue weighted by atomic mass is 35.5. The Morgan fingerprint density at radius 1 is 0.971 bits per heavy atom. The Hall–Kier alpha value is -2.61. The van der Waals surface area contributed by atoms with E-state index in [0.29, 0.717) is 54.7 Å². The summed E-state index contributed by atoms with van der Waals surface area (Å²) in [7, 11) is 0. The van der Waals surface area contributed by atoms with E-state index in [0.717, 1.165) is 17.5 Å². The fourth-order valence-electron chi connectivity index (χ4n) is 4.07. The van der Waals surface area contributed by atoms with Gasteiger partial charge in [0, 0.05) is 28.6 Å². The van der Waals surface area contributed by atoms with Crippen molar-refractivity contribution in [2.24, 2.45) is 0 Å². The minimum absolute atomic E-state index is 0.0476. The molecule has 0 aliphatic carbocycles. The maximum Gasteiger partial charge on any atom is 0.501 e. The highest BCUT2D eigenvalue weighted by molar-refractivity contribution is 8.04. The molecule has 0 saturated heterocycles. The van der Waals surface area contributed by atoms with Crippen LogP contribution in [0.25, 0.3) is 0 Å². The van der Waals surface area contributed by atoms with Crippen molar-refractivity contribution in [3.63, 3.8) is 0 Å². The topological polar surface area (TPSA) is 69.5 Å². The summed E-state index contributed by atoms with van der Waals surface area (Å²) in [5, 5.41) is 5.54. The van der Waals surface area contributed by atoms with Gasteiger partial charge in [-0.2, -0.15) is 14.3 Å². The molecule has 0 radical (unpaired) electrons. The molecule has 2 heterocycles. The van der Waals surface area contributed by atoms with Crippen molar-refractivity contribution in [1.29, 1.82) is 0 Å². The molecule has 2 aromatic rings. The number of carbonyl (C=O) groups excluding carboxylic acids is 3. The summed E-state index contributed by atoms with van der Waals surface area (Å²) in [6.45, 7) is 1.02. The van der Waals surface area contributed by atoms with Crippen LogP contribution in [0, 0.1) is 0 Å². The Kier molecular flexibility index (Phi) is 8.65. The number of carbonyl (C=O) groups is 3. The summed E-state index contributed by atoms with van der Waals surface area (Å²) in [4.78, 5) is 39.8. The zero-order valence-electron chi connectivity index (χ0n) is 19.1. The molecular formula is C26H26Cl2N3O3S+. The largest absolute Gasteiger partial charge is 0.501 e. The van der Waals surface area contributed by atoms with Crippen molar-refractivity contribution in [1.82, 2.24) is 10.2 Å². The van der Waals surface area contributed by atoms with Crippen LogP contribution in [0.3, 0.4) is 0 Å². The van der Waals surface area contributed by atoms with E-state index in [1.165, 1.54) is 16.7 Å². The molecule has 0 fully saturated rings. The zero-order chi connectivity index (χ0) is 24.8. The lowest BCUT2D eigenvalue weighted by molar-refractivity contribution is -0.454. The first kappa shape index (κ1) is 25.5. The molecule has 1 unspecified atom stereocenters. The fourth-order valence-corrected chi connectivity index (χ4v) is 5.43. The minimum atomic E-state index is -0.411. The quantitative estimate of drug-likeness (QED) is 0.329. The number of nitrogens with one attached hydrogen (secondary N) is 1. The molecule has 6 nitrogen and oxygen atoms in total. The Morgan fingerprint density at radius 3 is 2.37 bits per heavy atom. The number of thioether (sulfide) groups is 1. The lowest BCUT2D eigenvalue weighted by atomic mass is 10.1. The van der Waals surface area contributed by atoms with Crippen LogP contribution < -0.4 is 5.32 Å². The van der Waals surface area contributed by atoms with Crippen LogP contribution in [0.4, 0.5) is 4.79 Å². The smallest absolute Gasteiger partial charge is 0.352 e. The van der Waals surface area contributed by atoms with Gasteiger partial charge in [-0.15, -0.1) is 11.8 Å². The first-order valence-corrected chi connectivity index (χ1v) is 13.2. The number of benzene rings is 2. The van der Waals surface area contributed by atoms with Gasteiger partial charge < -0.3 is 5.32 Å². The van der Waals surface area contributed by atoms with E-state index in [9.17, 15) is 14.4 Å². The number of imide groups is 1. The van der Waals surface area contributed by atoms with Crippen molar-refractivity contribution in [2.45, 2.75) is 44.0 Å². The molecule has 0 saturated carbocycles. The van der Waals surface area contributed by atoms with Gasteiger partial charge in [0.1, 0.15) is 12.3 Å². The molecule has 0 bridgehead atoms. The molecule has 0 spiro atoms. The second-order valence-corrected chi connectivity index (χ2v) is 10.2. The highest BCUT2D eigenvalue weighted by Gasteiger charge is 2.48. The normalized spacial score (nSPS) is 17.2. The summed E-state index contributed by atoms with van der Waals surface area (Å²) in [5.41, 5.74) is 2.41. The molecular weight excluding hydrogens is 505 g/mol. The minimum Gasteiger partial charge on any atom is -0.352 e. The van der Waals surface area contributed by atoms with E-state index >= 15 is 0 Å². The number of urea groups is 1. The summed E-state index contributed by atoms with van der Waals surface area (Å²) in [6.07, 6.45) is 4.25. The lowest BCUT2D eigenvalue weighted by Gasteiger charge is -2.24. The van der Waals surface area contributed by atoms with Crippen LogP contribution in [0.1, 0.15) is 36.8 Å². The Labute approximate surface area is 219 Å². The van der Waals surface area contributed by atoms with E-state index < -0.39 is 5.25 Å². The molecule has 4 amide bonds. The van der Waals surface area contributed by atoms with Crippen LogP contribution >= 0.6 is 35.0 Å². The van der Waals surface area contributed by atoms with E-state index in [1.807, 2.05) is 47.9 Å². The molecule has 1 N–H and O–H groups in total. The second kappa shape index (κ2) is 11.9. The van der Waals surface area contributed by atoms with E-state index in [1.54, 1.807) is 16.7 Å². The first-order valence-electron chi connectivity index (χ1n) is 11.5. The van der Waals surface area contributed by atoms with Crippen molar-refractivity contribution in [3.8, 4) is 0 Å². The number of halogens is 2. The third-order valence-electron chi connectivity index (χ3n) is 5.99. The first-order chi connectivity index (χ1) is 17.0. The fraction of sp³-hybridized carbons (Fsp3) is 0.308. The van der Waals surface area contributed by atoms with Crippen LogP contribution in [-0.4, -0.2) is 44.8 Å². The number of fused-ring (bicyclic) bond motifs is 1. The number of amides is 4. The second-order valence-electron chi connectivity index (χ2n) is 8.37. The summed E-state index contributed by atoms with van der Waals surface area (Å²) in [5.74, 6) is -0.235. The van der Waals surface area contributed by atoms with Gasteiger partial charge in [0.05, 0.1) is 6.54 Å². The van der Waals surface area contributed by atoms with Crippen molar-refractivity contribution >= 4 is 58.5 Å². The van der Waals surface area contributed by atoms with Crippen molar-refractivity contribution in [2.75, 3.05) is 6.54 Å². The van der Waals surface area contributed by atoms with Gasteiger partial charge >= 0.3 is 11.9 Å².